The molecule has 0 saturated carbocycles. The van der Waals surface area contributed by atoms with E-state index < -0.39 is 0 Å². The second-order valence-corrected chi connectivity index (χ2v) is 5.31. The van der Waals surface area contributed by atoms with Gasteiger partial charge in [0.2, 0.25) is 0 Å². The van der Waals surface area contributed by atoms with Crippen molar-refractivity contribution in [1.82, 2.24) is 10.3 Å². The molecule has 1 aromatic heterocycles. The summed E-state index contributed by atoms with van der Waals surface area (Å²) in [6, 6.07) is 14.0. The van der Waals surface area contributed by atoms with Crippen LogP contribution in [0.1, 0.15) is 35.4 Å². The van der Waals surface area contributed by atoms with E-state index >= 15 is 0 Å². The first-order valence-electron chi connectivity index (χ1n) is 7.75. The molecule has 2 rings (SSSR count). The Morgan fingerprint density at radius 2 is 2.00 bits per heavy atom. The molecule has 122 valence electrons. The summed E-state index contributed by atoms with van der Waals surface area (Å²) in [4.78, 5) is 16.1. The third-order valence-corrected chi connectivity index (χ3v) is 3.49. The standard InChI is InChI=1S/C18H23N3O2/c1-14(15-7-4-3-5-8-15)21-16-9-10-17(20-13-16)18(22)19-11-6-12-23-2/h3-5,7-10,13-14,21H,6,11-12H2,1-2H3,(H,19,22). The molecule has 1 amide bonds. The Hall–Kier alpha value is -2.40. The molecule has 0 aliphatic rings. The fourth-order valence-electron chi connectivity index (χ4n) is 2.20. The molecule has 1 atom stereocenters. The average molecular weight is 313 g/mol. The van der Waals surface area contributed by atoms with Crippen molar-refractivity contribution < 1.29 is 9.53 Å². The molecule has 0 saturated heterocycles. The minimum Gasteiger partial charge on any atom is -0.385 e. The summed E-state index contributed by atoms with van der Waals surface area (Å²) >= 11 is 0. The number of carbonyl (C=O) groups is 1. The number of aromatic nitrogens is 1. The van der Waals surface area contributed by atoms with Crippen molar-refractivity contribution >= 4 is 11.6 Å². The van der Waals surface area contributed by atoms with Crippen molar-refractivity contribution in [2.24, 2.45) is 0 Å². The number of pyridine rings is 1. The highest BCUT2D eigenvalue weighted by atomic mass is 16.5. The normalized spacial score (nSPS) is 11.7. The van der Waals surface area contributed by atoms with Crippen molar-refractivity contribution in [3.63, 3.8) is 0 Å². The van der Waals surface area contributed by atoms with Crippen molar-refractivity contribution in [2.45, 2.75) is 19.4 Å². The van der Waals surface area contributed by atoms with Gasteiger partial charge in [0.05, 0.1) is 11.9 Å². The summed E-state index contributed by atoms with van der Waals surface area (Å²) < 4.78 is 4.94. The van der Waals surface area contributed by atoms with E-state index in [1.807, 2.05) is 24.3 Å². The van der Waals surface area contributed by atoms with E-state index in [1.54, 1.807) is 19.4 Å². The van der Waals surface area contributed by atoms with E-state index in [1.165, 1.54) is 5.56 Å². The third kappa shape index (κ3) is 5.38. The number of benzene rings is 1. The fraction of sp³-hybridized carbons (Fsp3) is 0.333. The van der Waals surface area contributed by atoms with E-state index in [0.717, 1.165) is 12.1 Å². The SMILES string of the molecule is COCCCNC(=O)c1ccc(NC(C)c2ccccc2)cn1. The van der Waals surface area contributed by atoms with E-state index in [9.17, 15) is 4.79 Å². The van der Waals surface area contributed by atoms with Crippen LogP contribution in [0, 0.1) is 0 Å². The van der Waals surface area contributed by atoms with Gasteiger partial charge in [0.25, 0.3) is 5.91 Å². The molecule has 5 nitrogen and oxygen atoms in total. The van der Waals surface area contributed by atoms with Crippen LogP contribution in [0.4, 0.5) is 5.69 Å². The van der Waals surface area contributed by atoms with Crippen molar-refractivity contribution in [1.29, 1.82) is 0 Å². The zero-order valence-electron chi connectivity index (χ0n) is 13.6. The lowest BCUT2D eigenvalue weighted by Gasteiger charge is -2.15. The summed E-state index contributed by atoms with van der Waals surface area (Å²) in [7, 11) is 1.64. The number of ether oxygens (including phenoxy) is 1. The number of anilines is 1. The van der Waals surface area contributed by atoms with Crippen LogP contribution in [0.15, 0.2) is 48.7 Å². The van der Waals surface area contributed by atoms with Gasteiger partial charge in [0.1, 0.15) is 5.69 Å². The second kappa shape index (κ2) is 8.90. The van der Waals surface area contributed by atoms with Crippen LogP contribution in [0.25, 0.3) is 0 Å². The molecular weight excluding hydrogens is 290 g/mol. The molecule has 2 aromatic rings. The summed E-state index contributed by atoms with van der Waals surface area (Å²) in [6.07, 6.45) is 2.47. The van der Waals surface area contributed by atoms with Crippen molar-refractivity contribution in [3.05, 3.63) is 59.9 Å². The predicted octanol–water partition coefficient (Wildman–Crippen LogP) is 3.02. The lowest BCUT2D eigenvalue weighted by Crippen LogP contribution is -2.26. The zero-order valence-corrected chi connectivity index (χ0v) is 13.6. The van der Waals surface area contributed by atoms with Crippen LogP contribution >= 0.6 is 0 Å². The highest BCUT2D eigenvalue weighted by Crippen LogP contribution is 2.18. The molecule has 0 aliphatic carbocycles. The van der Waals surface area contributed by atoms with E-state index in [0.29, 0.717) is 18.8 Å². The Balaban J connectivity index is 1.88. The number of methoxy groups -OCH3 is 1. The Morgan fingerprint density at radius 3 is 2.65 bits per heavy atom. The first-order chi connectivity index (χ1) is 11.2. The zero-order chi connectivity index (χ0) is 16.5. The number of hydrogen-bond donors (Lipinski definition) is 2. The summed E-state index contributed by atoms with van der Waals surface area (Å²) in [5, 5.41) is 6.19. The minimum atomic E-state index is -0.163. The highest BCUT2D eigenvalue weighted by molar-refractivity contribution is 5.92. The first kappa shape index (κ1) is 17.0. The molecule has 0 aliphatic heterocycles. The van der Waals surface area contributed by atoms with Gasteiger partial charge in [-0.1, -0.05) is 30.3 Å². The molecule has 0 bridgehead atoms. The van der Waals surface area contributed by atoms with Crippen LogP contribution in [0.3, 0.4) is 0 Å². The third-order valence-electron chi connectivity index (χ3n) is 3.49. The molecule has 1 aromatic carbocycles. The van der Waals surface area contributed by atoms with Crippen molar-refractivity contribution in [2.75, 3.05) is 25.6 Å². The van der Waals surface area contributed by atoms with Gasteiger partial charge < -0.3 is 15.4 Å². The van der Waals surface area contributed by atoms with Gasteiger partial charge in [-0.2, -0.15) is 0 Å². The van der Waals surface area contributed by atoms with Crippen LogP contribution in [-0.2, 0) is 4.74 Å². The Kier molecular flexibility index (Phi) is 6.56. The molecule has 2 N–H and O–H groups in total. The lowest BCUT2D eigenvalue weighted by molar-refractivity contribution is 0.0943. The smallest absolute Gasteiger partial charge is 0.269 e. The fourth-order valence-corrected chi connectivity index (χ4v) is 2.20. The molecule has 0 radical (unpaired) electrons. The maximum Gasteiger partial charge on any atom is 0.269 e. The van der Waals surface area contributed by atoms with E-state index in [4.69, 9.17) is 4.74 Å². The first-order valence-corrected chi connectivity index (χ1v) is 7.75. The average Bonchev–Trinajstić information content (AvgIpc) is 2.60. The van der Waals surface area contributed by atoms with Crippen molar-refractivity contribution in [3.8, 4) is 0 Å². The summed E-state index contributed by atoms with van der Waals surface area (Å²) in [5.74, 6) is -0.163. The maximum absolute atomic E-state index is 11.9. The topological polar surface area (TPSA) is 63.2 Å². The second-order valence-electron chi connectivity index (χ2n) is 5.31. The lowest BCUT2D eigenvalue weighted by atomic mass is 10.1. The number of hydrogen-bond acceptors (Lipinski definition) is 4. The molecule has 1 heterocycles. The van der Waals surface area contributed by atoms with Gasteiger partial charge in [-0.05, 0) is 31.0 Å². The molecule has 5 heteroatoms. The van der Waals surface area contributed by atoms with Crippen LogP contribution in [0.5, 0.6) is 0 Å². The summed E-state index contributed by atoms with van der Waals surface area (Å²) in [6.45, 7) is 3.30. The van der Waals surface area contributed by atoms with Gasteiger partial charge in [-0.15, -0.1) is 0 Å². The van der Waals surface area contributed by atoms with Crippen LogP contribution in [0.2, 0.25) is 0 Å². The van der Waals surface area contributed by atoms with Gasteiger partial charge in [-0.25, -0.2) is 4.98 Å². The van der Waals surface area contributed by atoms with E-state index in [-0.39, 0.29) is 11.9 Å². The predicted molar refractivity (Wildman–Crippen MR) is 91.5 cm³/mol. The highest BCUT2D eigenvalue weighted by Gasteiger charge is 2.08. The van der Waals surface area contributed by atoms with Gasteiger partial charge in [-0.3, -0.25) is 4.79 Å². The number of rotatable bonds is 8. The van der Waals surface area contributed by atoms with Crippen LogP contribution < -0.4 is 10.6 Å². The number of nitrogens with zero attached hydrogens (tertiary/aromatic N) is 1. The molecule has 0 spiro atoms. The van der Waals surface area contributed by atoms with Gasteiger partial charge >= 0.3 is 0 Å². The molecule has 1 unspecified atom stereocenters. The minimum absolute atomic E-state index is 0.163. The largest absolute Gasteiger partial charge is 0.385 e. The molecule has 23 heavy (non-hydrogen) atoms. The Labute approximate surface area is 137 Å². The molecule has 0 fully saturated rings. The number of carbonyl (C=O) groups excluding carboxylic acids is 1. The Morgan fingerprint density at radius 1 is 1.22 bits per heavy atom. The maximum atomic E-state index is 11.9. The number of amides is 1. The quantitative estimate of drug-likeness (QED) is 0.735. The monoisotopic (exact) mass is 313 g/mol. The van der Waals surface area contributed by atoms with Gasteiger partial charge in [0, 0.05) is 26.3 Å². The van der Waals surface area contributed by atoms with Gasteiger partial charge in [0.15, 0.2) is 0 Å². The Bertz CT molecular complexity index is 599. The molecular formula is C18H23N3O2. The van der Waals surface area contributed by atoms with Crippen LogP contribution in [-0.4, -0.2) is 31.2 Å². The number of nitrogens with one attached hydrogen (secondary N) is 2. The van der Waals surface area contributed by atoms with E-state index in [2.05, 4.69) is 34.7 Å². The summed E-state index contributed by atoms with van der Waals surface area (Å²) in [5.41, 5.74) is 2.50.